The highest BCUT2D eigenvalue weighted by atomic mass is 16.5. The first-order valence-corrected chi connectivity index (χ1v) is 17.1. The van der Waals surface area contributed by atoms with Gasteiger partial charge in [0.05, 0.1) is 11.7 Å². The van der Waals surface area contributed by atoms with Crippen molar-refractivity contribution in [3.05, 3.63) is 0 Å². The molecule has 236 valence electrons. The van der Waals surface area contributed by atoms with E-state index in [9.17, 15) is 19.8 Å². The normalized spacial score (nSPS) is 40.6. The second-order valence-corrected chi connectivity index (χ2v) is 15.5. The molecule has 0 spiro atoms. The van der Waals surface area contributed by atoms with Gasteiger partial charge in [-0.2, -0.15) is 0 Å². The van der Waals surface area contributed by atoms with Crippen molar-refractivity contribution >= 4 is 11.9 Å². The number of aliphatic hydroxyl groups excluding tert-OH is 1. The molecule has 6 nitrogen and oxygen atoms in total. The third kappa shape index (κ3) is 6.40. The SMILES string of the molecule is CCCC(=O)O[C@H]1CC[C@@]2(C)C(CC[C@H]3[C@@H]4C[C@H](OC(=O)CCC)[C@H]([C@](C)(O)[C@H](O)CCC(C)C)[C@@]4(C)CC[C@@H]32)C1. The van der Waals surface area contributed by atoms with Gasteiger partial charge in [-0.3, -0.25) is 9.59 Å². The summed E-state index contributed by atoms with van der Waals surface area (Å²) in [6, 6.07) is 0. The minimum atomic E-state index is -1.33. The van der Waals surface area contributed by atoms with E-state index in [0.717, 1.165) is 70.6 Å². The van der Waals surface area contributed by atoms with Gasteiger partial charge in [0.25, 0.3) is 0 Å². The van der Waals surface area contributed by atoms with Crippen LogP contribution in [0, 0.1) is 46.3 Å². The molecule has 0 radical (unpaired) electrons. The predicted octanol–water partition coefficient (Wildman–Crippen LogP) is 7.23. The molecule has 6 heteroatoms. The lowest BCUT2D eigenvalue weighted by Gasteiger charge is -2.61. The minimum Gasteiger partial charge on any atom is -0.462 e. The van der Waals surface area contributed by atoms with Gasteiger partial charge < -0.3 is 19.7 Å². The van der Waals surface area contributed by atoms with E-state index in [1.54, 1.807) is 0 Å². The van der Waals surface area contributed by atoms with Crippen LogP contribution in [0.1, 0.15) is 138 Å². The molecule has 0 aromatic rings. The number of fused-ring (bicyclic) bond motifs is 5. The van der Waals surface area contributed by atoms with Crippen LogP contribution in [0.2, 0.25) is 0 Å². The van der Waals surface area contributed by atoms with Crippen LogP contribution in [0.15, 0.2) is 0 Å². The molecule has 4 aliphatic carbocycles. The van der Waals surface area contributed by atoms with Crippen LogP contribution < -0.4 is 0 Å². The number of hydrogen-bond acceptors (Lipinski definition) is 6. The number of hydrogen-bond donors (Lipinski definition) is 2. The Balaban J connectivity index is 1.57. The van der Waals surface area contributed by atoms with Crippen molar-refractivity contribution in [2.45, 2.75) is 162 Å². The van der Waals surface area contributed by atoms with E-state index in [4.69, 9.17) is 9.47 Å². The smallest absolute Gasteiger partial charge is 0.306 e. The van der Waals surface area contributed by atoms with Crippen molar-refractivity contribution in [3.63, 3.8) is 0 Å². The van der Waals surface area contributed by atoms with Crippen LogP contribution in [0.5, 0.6) is 0 Å². The Morgan fingerprint density at radius 3 is 2.15 bits per heavy atom. The first kappa shape index (κ1) is 32.8. The number of aliphatic hydroxyl groups is 2. The molecule has 0 bridgehead atoms. The maximum absolute atomic E-state index is 12.8. The molecule has 2 N–H and O–H groups in total. The monoisotopic (exact) mass is 576 g/mol. The molecule has 4 saturated carbocycles. The molecular weight excluding hydrogens is 516 g/mol. The first-order chi connectivity index (χ1) is 19.3. The average molecular weight is 577 g/mol. The summed E-state index contributed by atoms with van der Waals surface area (Å²) in [6.07, 6.45) is 10.9. The summed E-state index contributed by atoms with van der Waals surface area (Å²) in [5.74, 6) is 1.96. The van der Waals surface area contributed by atoms with Gasteiger partial charge in [-0.1, -0.05) is 41.5 Å². The standard InChI is InChI=1S/C35H60O6/c1-8-10-30(37)40-24-16-18-33(5)23(20-24)13-14-25-26(33)17-19-34(6)27(25)21-28(41-31(38)11-9-2)32(34)35(7,39)29(36)15-12-22(3)4/h22-29,32,36,39H,8-21H2,1-7H3/t23?,24-,25+,26-,27-,28-,29+,32-,33-,34-,35+/m0/s1. The molecular formula is C35H60O6. The second-order valence-electron chi connectivity index (χ2n) is 15.5. The Bertz CT molecular complexity index is 914. The van der Waals surface area contributed by atoms with Crippen LogP contribution in [0.3, 0.4) is 0 Å². The zero-order valence-electron chi connectivity index (χ0n) is 27.1. The van der Waals surface area contributed by atoms with Crippen molar-refractivity contribution in [2.75, 3.05) is 0 Å². The Kier molecular flexibility index (Phi) is 10.3. The predicted molar refractivity (Wildman–Crippen MR) is 161 cm³/mol. The lowest BCUT2D eigenvalue weighted by Crippen LogP contribution is -2.58. The van der Waals surface area contributed by atoms with E-state index >= 15 is 0 Å². The molecule has 0 saturated heterocycles. The van der Waals surface area contributed by atoms with Crippen molar-refractivity contribution in [3.8, 4) is 0 Å². The Labute approximate surface area is 249 Å². The van der Waals surface area contributed by atoms with Crippen LogP contribution in [-0.2, 0) is 19.1 Å². The first-order valence-electron chi connectivity index (χ1n) is 17.1. The summed E-state index contributed by atoms with van der Waals surface area (Å²) >= 11 is 0. The largest absolute Gasteiger partial charge is 0.462 e. The van der Waals surface area contributed by atoms with Gasteiger partial charge in [0.1, 0.15) is 12.2 Å². The fourth-order valence-corrected chi connectivity index (χ4v) is 10.3. The zero-order valence-corrected chi connectivity index (χ0v) is 27.1. The van der Waals surface area contributed by atoms with Crippen molar-refractivity contribution in [1.82, 2.24) is 0 Å². The third-order valence-corrected chi connectivity index (χ3v) is 12.4. The molecule has 41 heavy (non-hydrogen) atoms. The van der Waals surface area contributed by atoms with Crippen molar-refractivity contribution in [1.29, 1.82) is 0 Å². The molecule has 4 rings (SSSR count). The summed E-state index contributed by atoms with van der Waals surface area (Å²) in [5.41, 5.74) is -1.30. The molecule has 0 amide bonds. The van der Waals surface area contributed by atoms with E-state index in [-0.39, 0.29) is 40.9 Å². The maximum atomic E-state index is 12.8. The fraction of sp³-hybridized carbons (Fsp3) is 0.943. The molecule has 0 aromatic carbocycles. The van der Waals surface area contributed by atoms with E-state index in [1.165, 1.54) is 0 Å². The van der Waals surface area contributed by atoms with E-state index in [1.807, 2.05) is 20.8 Å². The summed E-state index contributed by atoms with van der Waals surface area (Å²) in [4.78, 5) is 25.1. The third-order valence-electron chi connectivity index (χ3n) is 12.4. The number of rotatable bonds is 11. The molecule has 0 aliphatic heterocycles. The molecule has 1 unspecified atom stereocenters. The van der Waals surface area contributed by atoms with Gasteiger partial charge in [0.2, 0.25) is 0 Å². The van der Waals surface area contributed by atoms with E-state index < -0.39 is 11.7 Å². The van der Waals surface area contributed by atoms with E-state index in [0.29, 0.717) is 48.9 Å². The molecule has 0 heterocycles. The summed E-state index contributed by atoms with van der Waals surface area (Å²) in [7, 11) is 0. The highest BCUT2D eigenvalue weighted by Gasteiger charge is 2.67. The molecule has 11 atom stereocenters. The van der Waals surface area contributed by atoms with Gasteiger partial charge in [0.15, 0.2) is 0 Å². The molecule has 4 fully saturated rings. The van der Waals surface area contributed by atoms with Crippen LogP contribution >= 0.6 is 0 Å². The van der Waals surface area contributed by atoms with Gasteiger partial charge in [-0.25, -0.2) is 0 Å². The zero-order chi connectivity index (χ0) is 30.2. The highest BCUT2D eigenvalue weighted by molar-refractivity contribution is 5.69. The summed E-state index contributed by atoms with van der Waals surface area (Å²) < 4.78 is 12.1. The average Bonchev–Trinajstić information content (AvgIpc) is 3.19. The van der Waals surface area contributed by atoms with Gasteiger partial charge in [-0.05, 0) is 124 Å². The molecule has 0 aromatic heterocycles. The number of ether oxygens (including phenoxy) is 2. The summed E-state index contributed by atoms with van der Waals surface area (Å²) in [6.45, 7) is 14.9. The quantitative estimate of drug-likeness (QED) is 0.252. The van der Waals surface area contributed by atoms with Gasteiger partial charge in [0, 0.05) is 18.8 Å². The lowest BCUT2D eigenvalue weighted by atomic mass is 9.44. The number of carbonyl (C=O) groups is 2. The number of esters is 2. The fourth-order valence-electron chi connectivity index (χ4n) is 10.3. The van der Waals surface area contributed by atoms with Gasteiger partial charge >= 0.3 is 11.9 Å². The Hall–Kier alpha value is -1.14. The second kappa shape index (κ2) is 12.8. The lowest BCUT2D eigenvalue weighted by molar-refractivity contribution is -0.189. The van der Waals surface area contributed by atoms with Gasteiger partial charge in [-0.15, -0.1) is 0 Å². The topological polar surface area (TPSA) is 93.1 Å². The van der Waals surface area contributed by atoms with Crippen LogP contribution in [-0.4, -0.2) is 46.1 Å². The molecule has 4 aliphatic rings. The maximum Gasteiger partial charge on any atom is 0.306 e. The van der Waals surface area contributed by atoms with Crippen molar-refractivity contribution in [2.24, 2.45) is 46.3 Å². The van der Waals surface area contributed by atoms with Crippen LogP contribution in [0.25, 0.3) is 0 Å². The van der Waals surface area contributed by atoms with E-state index in [2.05, 4.69) is 27.7 Å². The van der Waals surface area contributed by atoms with Crippen molar-refractivity contribution < 1.29 is 29.3 Å². The summed E-state index contributed by atoms with van der Waals surface area (Å²) in [5, 5.41) is 23.5. The highest BCUT2D eigenvalue weighted by Crippen LogP contribution is 2.69. The minimum absolute atomic E-state index is 0.0495. The number of carbonyl (C=O) groups excluding carboxylic acids is 2. The Morgan fingerprint density at radius 2 is 1.51 bits per heavy atom. The van der Waals surface area contributed by atoms with Crippen LogP contribution in [0.4, 0.5) is 0 Å². The Morgan fingerprint density at radius 1 is 0.878 bits per heavy atom.